The predicted octanol–water partition coefficient (Wildman–Crippen LogP) is 4.47. The van der Waals surface area contributed by atoms with Crippen LogP contribution in [-0.2, 0) is 0 Å². The number of halogens is 2. The van der Waals surface area contributed by atoms with Gasteiger partial charge in [-0.1, -0.05) is 29.3 Å². The van der Waals surface area contributed by atoms with Crippen LogP contribution in [0.25, 0.3) is 16.9 Å². The number of benzene rings is 1. The number of carbonyl (C=O) groups is 1. The van der Waals surface area contributed by atoms with Gasteiger partial charge in [0.15, 0.2) is 0 Å². The van der Waals surface area contributed by atoms with Gasteiger partial charge in [0.1, 0.15) is 5.82 Å². The maximum absolute atomic E-state index is 13.6. The Hall–Kier alpha value is -3.16. The lowest BCUT2D eigenvalue weighted by Crippen LogP contribution is -2.54. The number of piperazine rings is 1. The standard InChI is InChI=1S/C23H20Cl2N6O/c1-15-13-29(9-10-30(15)21-6-4-17(25)12-28-21)22(32)19-14-31(23-26-7-2-8-27-23)20-11-16(24)3-5-18(19)20/h2-8,11-12,14-15H,9-10,13H2,1H3/t15-/m0/s1. The number of nitrogens with zero attached hydrogens (tertiary/aromatic N) is 6. The van der Waals surface area contributed by atoms with Crippen molar-refractivity contribution in [2.45, 2.75) is 13.0 Å². The first kappa shape index (κ1) is 20.7. The van der Waals surface area contributed by atoms with Crippen LogP contribution in [-0.4, -0.2) is 56.0 Å². The Bertz CT molecular complexity index is 1280. The Morgan fingerprint density at radius 1 is 1.03 bits per heavy atom. The third kappa shape index (κ3) is 3.78. The van der Waals surface area contributed by atoms with E-state index in [0.717, 1.165) is 16.7 Å². The van der Waals surface area contributed by atoms with Crippen molar-refractivity contribution in [3.05, 3.63) is 76.8 Å². The molecule has 4 heterocycles. The highest BCUT2D eigenvalue weighted by molar-refractivity contribution is 6.31. The summed E-state index contributed by atoms with van der Waals surface area (Å²) in [5, 5.41) is 2.01. The summed E-state index contributed by atoms with van der Waals surface area (Å²) >= 11 is 12.2. The maximum Gasteiger partial charge on any atom is 0.256 e. The Morgan fingerprint density at radius 3 is 2.53 bits per heavy atom. The second-order valence-corrected chi connectivity index (χ2v) is 8.62. The SMILES string of the molecule is C[C@H]1CN(C(=O)c2cn(-c3ncccn3)c3cc(Cl)ccc23)CCN1c1ccc(Cl)cn1. The summed E-state index contributed by atoms with van der Waals surface area (Å²) in [5.74, 6) is 1.33. The Kier molecular flexibility index (Phi) is 5.45. The molecule has 1 aliphatic heterocycles. The molecule has 0 N–H and O–H groups in total. The summed E-state index contributed by atoms with van der Waals surface area (Å²) in [5.41, 5.74) is 1.40. The summed E-state index contributed by atoms with van der Waals surface area (Å²) in [6.45, 7) is 3.96. The molecule has 4 aromatic rings. The molecule has 0 saturated carbocycles. The van der Waals surface area contributed by atoms with Gasteiger partial charge in [-0.05, 0) is 37.3 Å². The van der Waals surface area contributed by atoms with E-state index in [0.29, 0.717) is 41.2 Å². The van der Waals surface area contributed by atoms with Crippen molar-refractivity contribution in [1.29, 1.82) is 0 Å². The molecule has 1 aliphatic rings. The molecule has 0 radical (unpaired) electrons. The zero-order valence-electron chi connectivity index (χ0n) is 17.3. The van der Waals surface area contributed by atoms with Crippen molar-refractivity contribution in [3.63, 3.8) is 0 Å². The van der Waals surface area contributed by atoms with Crippen LogP contribution in [0.4, 0.5) is 5.82 Å². The smallest absolute Gasteiger partial charge is 0.256 e. The average Bonchev–Trinajstić information content (AvgIpc) is 3.18. The van der Waals surface area contributed by atoms with Gasteiger partial charge in [0.2, 0.25) is 5.95 Å². The molecule has 3 aromatic heterocycles. The van der Waals surface area contributed by atoms with Gasteiger partial charge >= 0.3 is 0 Å². The van der Waals surface area contributed by atoms with E-state index >= 15 is 0 Å². The predicted molar refractivity (Wildman–Crippen MR) is 126 cm³/mol. The van der Waals surface area contributed by atoms with E-state index in [1.165, 1.54) is 0 Å². The van der Waals surface area contributed by atoms with Crippen molar-refractivity contribution in [2.24, 2.45) is 0 Å². The molecule has 1 fully saturated rings. The highest BCUT2D eigenvalue weighted by Crippen LogP contribution is 2.29. The zero-order valence-corrected chi connectivity index (χ0v) is 18.8. The lowest BCUT2D eigenvalue weighted by atomic mass is 10.1. The fraction of sp³-hybridized carbons (Fsp3) is 0.217. The largest absolute Gasteiger partial charge is 0.350 e. The van der Waals surface area contributed by atoms with E-state index < -0.39 is 0 Å². The van der Waals surface area contributed by atoms with Crippen LogP contribution in [0, 0.1) is 0 Å². The maximum atomic E-state index is 13.6. The van der Waals surface area contributed by atoms with E-state index in [4.69, 9.17) is 23.2 Å². The molecule has 1 saturated heterocycles. The Morgan fingerprint density at radius 2 is 1.81 bits per heavy atom. The van der Waals surface area contributed by atoms with Gasteiger partial charge in [-0.15, -0.1) is 0 Å². The fourth-order valence-electron chi connectivity index (χ4n) is 4.14. The normalized spacial score (nSPS) is 16.5. The minimum Gasteiger partial charge on any atom is -0.350 e. The lowest BCUT2D eigenvalue weighted by molar-refractivity contribution is 0.0728. The summed E-state index contributed by atoms with van der Waals surface area (Å²) in [7, 11) is 0. The summed E-state index contributed by atoms with van der Waals surface area (Å²) < 4.78 is 1.81. The molecule has 32 heavy (non-hydrogen) atoms. The molecule has 0 bridgehead atoms. The van der Waals surface area contributed by atoms with E-state index in [2.05, 4.69) is 26.8 Å². The first-order chi connectivity index (χ1) is 15.5. The number of hydrogen-bond donors (Lipinski definition) is 0. The van der Waals surface area contributed by atoms with Crippen LogP contribution in [0.3, 0.4) is 0 Å². The first-order valence-electron chi connectivity index (χ1n) is 10.3. The van der Waals surface area contributed by atoms with E-state index in [9.17, 15) is 4.79 Å². The molecule has 1 aromatic carbocycles. The van der Waals surface area contributed by atoms with Gasteiger partial charge < -0.3 is 9.80 Å². The molecule has 162 valence electrons. The number of amides is 1. The van der Waals surface area contributed by atoms with Crippen LogP contribution in [0.1, 0.15) is 17.3 Å². The van der Waals surface area contributed by atoms with Crippen LogP contribution in [0.5, 0.6) is 0 Å². The zero-order chi connectivity index (χ0) is 22.2. The van der Waals surface area contributed by atoms with Gasteiger partial charge in [-0.2, -0.15) is 0 Å². The van der Waals surface area contributed by atoms with Crippen LogP contribution >= 0.6 is 23.2 Å². The van der Waals surface area contributed by atoms with Crippen LogP contribution in [0.15, 0.2) is 61.2 Å². The highest BCUT2D eigenvalue weighted by atomic mass is 35.5. The fourth-order valence-corrected chi connectivity index (χ4v) is 4.42. The number of pyridine rings is 1. The molecule has 1 amide bonds. The second-order valence-electron chi connectivity index (χ2n) is 7.75. The first-order valence-corrected chi connectivity index (χ1v) is 11.0. The number of carbonyl (C=O) groups excluding carboxylic acids is 1. The van der Waals surface area contributed by atoms with Crippen molar-refractivity contribution in [1.82, 2.24) is 24.4 Å². The van der Waals surface area contributed by atoms with Crippen molar-refractivity contribution >= 4 is 45.8 Å². The molecule has 1 atom stereocenters. The number of rotatable bonds is 3. The minimum absolute atomic E-state index is 0.0254. The molecule has 0 aliphatic carbocycles. The highest BCUT2D eigenvalue weighted by Gasteiger charge is 2.30. The van der Waals surface area contributed by atoms with Gasteiger partial charge in [-0.3, -0.25) is 9.36 Å². The van der Waals surface area contributed by atoms with Gasteiger partial charge in [0, 0.05) is 60.9 Å². The molecule has 7 nitrogen and oxygen atoms in total. The number of aromatic nitrogens is 4. The molecule has 0 spiro atoms. The molecular formula is C23H20Cl2N6O. The van der Waals surface area contributed by atoms with Crippen molar-refractivity contribution in [2.75, 3.05) is 24.5 Å². The Balaban J connectivity index is 1.45. The second kappa shape index (κ2) is 8.41. The number of anilines is 1. The van der Waals surface area contributed by atoms with Crippen LogP contribution in [0.2, 0.25) is 10.0 Å². The summed E-state index contributed by atoms with van der Waals surface area (Å²) in [4.78, 5) is 30.7. The molecule has 5 rings (SSSR count). The monoisotopic (exact) mass is 466 g/mol. The third-order valence-corrected chi connectivity index (χ3v) is 6.15. The molecule has 0 unspecified atom stereocenters. The average molecular weight is 467 g/mol. The van der Waals surface area contributed by atoms with E-state index in [1.54, 1.807) is 36.9 Å². The van der Waals surface area contributed by atoms with Gasteiger partial charge in [0.05, 0.1) is 16.1 Å². The summed E-state index contributed by atoms with van der Waals surface area (Å²) in [6.07, 6.45) is 6.79. The minimum atomic E-state index is -0.0254. The third-order valence-electron chi connectivity index (χ3n) is 5.69. The van der Waals surface area contributed by atoms with Gasteiger partial charge in [0.25, 0.3) is 5.91 Å². The quantitative estimate of drug-likeness (QED) is 0.445. The summed E-state index contributed by atoms with van der Waals surface area (Å²) in [6, 6.07) is 11.1. The molecule has 9 heteroatoms. The number of hydrogen-bond acceptors (Lipinski definition) is 5. The Labute approximate surface area is 195 Å². The van der Waals surface area contributed by atoms with Crippen LogP contribution < -0.4 is 4.90 Å². The molecular weight excluding hydrogens is 447 g/mol. The van der Waals surface area contributed by atoms with Crippen molar-refractivity contribution < 1.29 is 4.79 Å². The van der Waals surface area contributed by atoms with Crippen molar-refractivity contribution in [3.8, 4) is 5.95 Å². The lowest BCUT2D eigenvalue weighted by Gasteiger charge is -2.40. The van der Waals surface area contributed by atoms with E-state index in [-0.39, 0.29) is 11.9 Å². The topological polar surface area (TPSA) is 67.2 Å². The van der Waals surface area contributed by atoms with Gasteiger partial charge in [-0.25, -0.2) is 15.0 Å². The number of fused-ring (bicyclic) bond motifs is 1. The van der Waals surface area contributed by atoms with E-state index in [1.807, 2.05) is 33.7 Å².